The molecule has 0 fully saturated rings. The Balaban J connectivity index is 2.36. The Labute approximate surface area is 217 Å². The predicted octanol–water partition coefficient (Wildman–Crippen LogP) is 4.10. The van der Waals surface area contributed by atoms with Crippen LogP contribution in [-0.4, -0.2) is 57.6 Å². The van der Waals surface area contributed by atoms with Crippen LogP contribution in [0.2, 0.25) is 10.0 Å². The van der Waals surface area contributed by atoms with Gasteiger partial charge in [0.05, 0.1) is 29.1 Å². The van der Waals surface area contributed by atoms with E-state index < -0.39 is 28.5 Å². The zero-order valence-electron chi connectivity index (χ0n) is 20.3. The van der Waals surface area contributed by atoms with Gasteiger partial charge in [-0.3, -0.25) is 13.9 Å². The van der Waals surface area contributed by atoms with Gasteiger partial charge in [0.2, 0.25) is 21.8 Å². The number of carbonyl (C=O) groups is 2. The summed E-state index contributed by atoms with van der Waals surface area (Å²) in [6.07, 6.45) is 2.72. The van der Waals surface area contributed by atoms with E-state index in [9.17, 15) is 18.0 Å². The molecule has 8 nitrogen and oxygen atoms in total. The van der Waals surface area contributed by atoms with Crippen molar-refractivity contribution < 1.29 is 22.7 Å². The number of nitrogens with one attached hydrogen (secondary N) is 1. The van der Waals surface area contributed by atoms with Crippen LogP contribution in [-0.2, 0) is 26.2 Å². The monoisotopic (exact) mass is 543 g/mol. The minimum absolute atomic E-state index is 0.101. The van der Waals surface area contributed by atoms with Crippen LogP contribution in [0.4, 0.5) is 5.69 Å². The van der Waals surface area contributed by atoms with Crippen LogP contribution in [0.15, 0.2) is 42.5 Å². The smallest absolute Gasteiger partial charge is 0.244 e. The van der Waals surface area contributed by atoms with Crippen molar-refractivity contribution in [2.75, 3.05) is 30.8 Å². The molecule has 0 aliphatic carbocycles. The fraction of sp³-hybridized carbons (Fsp3) is 0.417. The van der Waals surface area contributed by atoms with E-state index in [2.05, 4.69) is 5.32 Å². The largest absolute Gasteiger partial charge is 0.497 e. The third-order valence-electron chi connectivity index (χ3n) is 5.38. The molecule has 0 bridgehead atoms. The van der Waals surface area contributed by atoms with Crippen LogP contribution in [0.5, 0.6) is 5.75 Å². The lowest BCUT2D eigenvalue weighted by Crippen LogP contribution is -2.51. The normalized spacial score (nSPS) is 12.1. The summed E-state index contributed by atoms with van der Waals surface area (Å²) in [7, 11) is -2.30. The molecule has 1 atom stereocenters. The Bertz CT molecular complexity index is 1130. The maximum atomic E-state index is 13.5. The molecule has 0 aliphatic heterocycles. The van der Waals surface area contributed by atoms with Crippen molar-refractivity contribution >= 4 is 50.7 Å². The quantitative estimate of drug-likeness (QED) is 0.406. The van der Waals surface area contributed by atoms with Crippen molar-refractivity contribution in [2.45, 2.75) is 39.3 Å². The molecule has 0 saturated heterocycles. The molecule has 11 heteroatoms. The lowest BCUT2D eigenvalue weighted by Gasteiger charge is -2.31. The highest BCUT2D eigenvalue weighted by molar-refractivity contribution is 7.92. The van der Waals surface area contributed by atoms with Crippen LogP contribution in [0.25, 0.3) is 0 Å². The van der Waals surface area contributed by atoms with E-state index in [0.29, 0.717) is 12.3 Å². The minimum atomic E-state index is -3.85. The zero-order chi connectivity index (χ0) is 26.2. The molecule has 1 N–H and O–H groups in total. The maximum Gasteiger partial charge on any atom is 0.244 e. The first-order chi connectivity index (χ1) is 16.5. The van der Waals surface area contributed by atoms with Crippen molar-refractivity contribution in [3.05, 3.63) is 58.1 Å². The van der Waals surface area contributed by atoms with Gasteiger partial charge >= 0.3 is 0 Å². The number of benzene rings is 2. The lowest BCUT2D eigenvalue weighted by molar-refractivity contribution is -0.139. The van der Waals surface area contributed by atoms with Gasteiger partial charge in [-0.2, -0.15) is 0 Å². The topological polar surface area (TPSA) is 96.0 Å². The molecule has 0 aliphatic rings. The van der Waals surface area contributed by atoms with Crippen LogP contribution >= 0.6 is 23.2 Å². The molecule has 1 unspecified atom stereocenters. The van der Waals surface area contributed by atoms with E-state index >= 15 is 0 Å². The number of rotatable bonds is 12. The van der Waals surface area contributed by atoms with Gasteiger partial charge in [0.1, 0.15) is 18.3 Å². The van der Waals surface area contributed by atoms with Crippen molar-refractivity contribution in [3.8, 4) is 5.75 Å². The summed E-state index contributed by atoms with van der Waals surface area (Å²) in [6, 6.07) is 10.6. The third-order valence-corrected chi connectivity index (χ3v) is 7.26. The molecule has 192 valence electrons. The van der Waals surface area contributed by atoms with Gasteiger partial charge in [0.25, 0.3) is 0 Å². The Morgan fingerprint density at radius 1 is 1.09 bits per heavy atom. The Morgan fingerprint density at radius 3 is 2.29 bits per heavy atom. The van der Waals surface area contributed by atoms with Crippen LogP contribution in [0.1, 0.15) is 32.3 Å². The summed E-state index contributed by atoms with van der Waals surface area (Å²) in [4.78, 5) is 27.6. The lowest BCUT2D eigenvalue weighted by atomic mass is 10.1. The molecule has 0 radical (unpaired) electrons. The Hall–Kier alpha value is -2.49. The van der Waals surface area contributed by atoms with Gasteiger partial charge in [-0.25, -0.2) is 8.42 Å². The number of nitrogens with zero attached hydrogens (tertiary/aromatic N) is 2. The molecule has 0 saturated carbocycles. The third kappa shape index (κ3) is 8.30. The average molecular weight is 545 g/mol. The van der Waals surface area contributed by atoms with Crippen molar-refractivity contribution in [3.63, 3.8) is 0 Å². The molecule has 2 aromatic carbocycles. The first kappa shape index (κ1) is 28.7. The predicted molar refractivity (Wildman–Crippen MR) is 140 cm³/mol. The first-order valence-corrected chi connectivity index (χ1v) is 13.7. The van der Waals surface area contributed by atoms with Gasteiger partial charge in [0, 0.05) is 13.1 Å². The second-order valence-electron chi connectivity index (χ2n) is 8.06. The van der Waals surface area contributed by atoms with E-state index in [0.717, 1.165) is 29.0 Å². The number of anilines is 1. The fourth-order valence-corrected chi connectivity index (χ4v) is 4.43. The highest BCUT2D eigenvalue weighted by atomic mass is 35.5. The Morgan fingerprint density at radius 2 is 1.74 bits per heavy atom. The van der Waals surface area contributed by atoms with Crippen LogP contribution in [0, 0.1) is 0 Å². The standard InChI is InChI=1S/C24H31Cl2N3O5S/c1-5-6-13-27-24(31)17(2)28(15-18-7-10-20(34-3)11-8-18)23(30)16-29(35(4,32)33)19-9-12-21(25)22(26)14-19/h7-12,14,17H,5-6,13,15-16H2,1-4H3,(H,27,31). The highest BCUT2D eigenvalue weighted by Gasteiger charge is 2.30. The summed E-state index contributed by atoms with van der Waals surface area (Å²) in [5.41, 5.74) is 0.951. The van der Waals surface area contributed by atoms with E-state index in [4.69, 9.17) is 27.9 Å². The number of carbonyl (C=O) groups excluding carboxylic acids is 2. The van der Waals surface area contributed by atoms with Crippen LogP contribution in [0.3, 0.4) is 0 Å². The average Bonchev–Trinajstić information content (AvgIpc) is 2.82. The number of halogens is 2. The number of ether oxygens (including phenoxy) is 1. The van der Waals surface area contributed by atoms with Gasteiger partial charge in [-0.15, -0.1) is 0 Å². The summed E-state index contributed by atoms with van der Waals surface area (Å²) in [6.45, 7) is 3.71. The van der Waals surface area contributed by atoms with Crippen molar-refractivity contribution in [1.29, 1.82) is 0 Å². The number of amides is 2. The van der Waals surface area contributed by atoms with E-state index in [1.807, 2.05) is 6.92 Å². The SMILES string of the molecule is CCCCNC(=O)C(C)N(Cc1ccc(OC)cc1)C(=O)CN(c1ccc(Cl)c(Cl)c1)S(C)(=O)=O. The molecule has 0 heterocycles. The van der Waals surface area contributed by atoms with E-state index in [1.165, 1.54) is 23.1 Å². The number of unbranched alkanes of at least 4 members (excludes halogenated alkanes) is 1. The Kier molecular flexibility index (Phi) is 10.7. The molecule has 0 aromatic heterocycles. The summed E-state index contributed by atoms with van der Waals surface area (Å²) in [5.74, 6) is -0.212. The molecule has 0 spiro atoms. The minimum Gasteiger partial charge on any atom is -0.497 e. The number of sulfonamides is 1. The number of hydrogen-bond donors (Lipinski definition) is 1. The second-order valence-corrected chi connectivity index (χ2v) is 10.8. The molecule has 2 amide bonds. The maximum absolute atomic E-state index is 13.5. The first-order valence-electron chi connectivity index (χ1n) is 11.1. The van der Waals surface area contributed by atoms with Gasteiger partial charge in [0.15, 0.2) is 0 Å². The van der Waals surface area contributed by atoms with Gasteiger partial charge in [-0.1, -0.05) is 48.7 Å². The molecular weight excluding hydrogens is 513 g/mol. The summed E-state index contributed by atoms with van der Waals surface area (Å²) >= 11 is 12.0. The van der Waals surface area contributed by atoms with Crippen LogP contribution < -0.4 is 14.4 Å². The van der Waals surface area contributed by atoms with E-state index in [-0.39, 0.29) is 28.2 Å². The second kappa shape index (κ2) is 13.0. The zero-order valence-corrected chi connectivity index (χ0v) is 22.6. The molecule has 35 heavy (non-hydrogen) atoms. The fourth-order valence-electron chi connectivity index (χ4n) is 3.30. The van der Waals surface area contributed by atoms with Gasteiger partial charge in [-0.05, 0) is 49.2 Å². The van der Waals surface area contributed by atoms with E-state index in [1.54, 1.807) is 38.3 Å². The van der Waals surface area contributed by atoms with Crippen molar-refractivity contribution in [2.24, 2.45) is 0 Å². The summed E-state index contributed by atoms with van der Waals surface area (Å²) in [5, 5.41) is 3.25. The van der Waals surface area contributed by atoms with Gasteiger partial charge < -0.3 is 15.0 Å². The van der Waals surface area contributed by atoms with Crippen molar-refractivity contribution in [1.82, 2.24) is 10.2 Å². The molecule has 2 rings (SSSR count). The summed E-state index contributed by atoms with van der Waals surface area (Å²) < 4.78 is 31.3. The molecule has 2 aromatic rings. The highest BCUT2D eigenvalue weighted by Crippen LogP contribution is 2.28. The number of hydrogen-bond acceptors (Lipinski definition) is 5. The number of methoxy groups -OCH3 is 1. The molecular formula is C24H31Cl2N3O5S.